The highest BCUT2D eigenvalue weighted by atomic mass is 16.7. The second kappa shape index (κ2) is 14.1. The number of hydrogen-bond acceptors (Lipinski definition) is 7. The lowest BCUT2D eigenvalue weighted by Gasteiger charge is -2.25. The molecule has 2 rings (SSSR count). The minimum atomic E-state index is -1.07. The van der Waals surface area contributed by atoms with Crippen LogP contribution in [0.3, 0.4) is 0 Å². The number of methoxy groups -OCH3 is 1. The van der Waals surface area contributed by atoms with Crippen molar-refractivity contribution in [3.63, 3.8) is 0 Å². The molecule has 0 aliphatic carbocycles. The Bertz CT molecular complexity index is 1170. The van der Waals surface area contributed by atoms with Crippen molar-refractivity contribution < 1.29 is 19.5 Å². The molecular weight excluding hydrogens is 490 g/mol. The number of aliphatic hydroxyl groups is 1. The summed E-state index contributed by atoms with van der Waals surface area (Å²) in [5, 5.41) is 13.9. The Labute approximate surface area is 224 Å². The van der Waals surface area contributed by atoms with E-state index in [1.807, 2.05) is 27.7 Å². The van der Waals surface area contributed by atoms with E-state index in [0.29, 0.717) is 23.3 Å². The number of hydroxylamine groups is 1. The quantitative estimate of drug-likeness (QED) is 0.338. The number of urea groups is 1. The third-order valence-electron chi connectivity index (χ3n) is 5.97. The van der Waals surface area contributed by atoms with E-state index < -0.39 is 29.4 Å². The molecule has 212 valence electrons. The maximum atomic E-state index is 13.6. The van der Waals surface area contributed by atoms with Gasteiger partial charge in [0.25, 0.3) is 5.56 Å². The van der Waals surface area contributed by atoms with Crippen LogP contribution < -0.4 is 26.8 Å². The Hall–Kier alpha value is -3.15. The van der Waals surface area contributed by atoms with Crippen LogP contribution in [0.15, 0.2) is 40.1 Å². The fourth-order valence-electron chi connectivity index (χ4n) is 4.07. The van der Waals surface area contributed by atoms with Gasteiger partial charge >= 0.3 is 11.7 Å². The fraction of sp³-hybridized carbons (Fsp3) is 0.593. The topological polar surface area (TPSA) is 127 Å². The molecule has 0 radical (unpaired) electrons. The number of nitrogens with one attached hydrogen (secondary N) is 2. The molecule has 1 aromatic carbocycles. The molecule has 0 saturated heterocycles. The minimum Gasteiger partial charge on any atom is -0.496 e. The van der Waals surface area contributed by atoms with E-state index in [-0.39, 0.29) is 31.1 Å². The van der Waals surface area contributed by atoms with E-state index in [9.17, 15) is 19.5 Å². The lowest BCUT2D eigenvalue weighted by atomic mass is 10.0. The highest BCUT2D eigenvalue weighted by Gasteiger charge is 2.23. The number of ether oxygens (including phenoxy) is 1. The lowest BCUT2D eigenvalue weighted by molar-refractivity contribution is -0.0236. The van der Waals surface area contributed by atoms with Crippen LogP contribution in [0.4, 0.5) is 4.79 Å². The first-order valence-corrected chi connectivity index (χ1v) is 12.9. The summed E-state index contributed by atoms with van der Waals surface area (Å²) < 4.78 is 7.81. The molecule has 2 aromatic rings. The molecule has 2 unspecified atom stereocenters. The van der Waals surface area contributed by atoms with Gasteiger partial charge in [0.15, 0.2) is 0 Å². The van der Waals surface area contributed by atoms with Gasteiger partial charge < -0.3 is 20.1 Å². The molecule has 0 saturated carbocycles. The largest absolute Gasteiger partial charge is 0.496 e. The van der Waals surface area contributed by atoms with Gasteiger partial charge in [-0.05, 0) is 39.2 Å². The molecule has 11 heteroatoms. The molecular formula is C27H43N5O6. The number of amides is 2. The summed E-state index contributed by atoms with van der Waals surface area (Å²) in [6.07, 6.45) is 0.813. The zero-order chi connectivity index (χ0) is 28.6. The standard InChI is InChI=1S/C27H43N5O6/c1-17(2)13-20(28-26(35)30(6)7)14-32-25(34)22(19(5)29-38-18(3)4)15-31(27(32)36)16-23(33)21-11-9-10-12-24(21)37-8/h9-12,15,17-20,23,29,33H,13-14,16H2,1-8H3,(H,28,35)/t19?,20-,23?/m0/s1. The van der Waals surface area contributed by atoms with E-state index >= 15 is 0 Å². The maximum Gasteiger partial charge on any atom is 0.331 e. The van der Waals surface area contributed by atoms with Crippen LogP contribution in [-0.2, 0) is 17.9 Å². The average molecular weight is 534 g/mol. The van der Waals surface area contributed by atoms with Gasteiger partial charge in [0, 0.05) is 31.9 Å². The van der Waals surface area contributed by atoms with Crippen LogP contribution in [-0.4, -0.2) is 58.5 Å². The predicted octanol–water partition coefficient (Wildman–Crippen LogP) is 2.43. The van der Waals surface area contributed by atoms with E-state index in [4.69, 9.17) is 9.57 Å². The fourth-order valence-corrected chi connectivity index (χ4v) is 4.07. The van der Waals surface area contributed by atoms with Gasteiger partial charge in [-0.3, -0.25) is 18.8 Å². The number of para-hydroxylation sites is 1. The van der Waals surface area contributed by atoms with Crippen LogP contribution >= 0.6 is 0 Å². The Morgan fingerprint density at radius 1 is 1.05 bits per heavy atom. The van der Waals surface area contributed by atoms with E-state index in [0.717, 1.165) is 4.57 Å². The van der Waals surface area contributed by atoms with Crippen LogP contribution in [0.2, 0.25) is 0 Å². The second-order valence-electron chi connectivity index (χ2n) is 10.4. The van der Waals surface area contributed by atoms with Crippen LogP contribution in [0.5, 0.6) is 5.75 Å². The van der Waals surface area contributed by atoms with E-state index in [1.165, 1.54) is 22.8 Å². The van der Waals surface area contributed by atoms with Gasteiger partial charge in [-0.15, -0.1) is 0 Å². The molecule has 0 fully saturated rings. The first kappa shape index (κ1) is 31.1. The maximum absolute atomic E-state index is 13.6. The molecule has 0 aliphatic rings. The lowest BCUT2D eigenvalue weighted by Crippen LogP contribution is -2.50. The van der Waals surface area contributed by atoms with Gasteiger partial charge in [0.2, 0.25) is 0 Å². The number of carbonyl (C=O) groups excluding carboxylic acids is 1. The van der Waals surface area contributed by atoms with Crippen molar-refractivity contribution in [1.82, 2.24) is 24.8 Å². The Kier molecular flexibility index (Phi) is 11.6. The molecule has 2 amide bonds. The summed E-state index contributed by atoms with van der Waals surface area (Å²) >= 11 is 0. The predicted molar refractivity (Wildman–Crippen MR) is 146 cm³/mol. The third kappa shape index (κ3) is 8.44. The van der Waals surface area contributed by atoms with Crippen molar-refractivity contribution in [3.05, 3.63) is 62.4 Å². The summed E-state index contributed by atoms with van der Waals surface area (Å²) in [5.74, 6) is 0.696. The van der Waals surface area contributed by atoms with Crippen molar-refractivity contribution in [3.8, 4) is 5.75 Å². The number of rotatable bonds is 13. The number of benzene rings is 1. The van der Waals surface area contributed by atoms with Crippen molar-refractivity contribution in [2.45, 2.75) is 78.4 Å². The summed E-state index contributed by atoms with van der Waals surface area (Å²) in [6, 6.07) is 5.69. The molecule has 38 heavy (non-hydrogen) atoms. The molecule has 1 heterocycles. The first-order valence-electron chi connectivity index (χ1n) is 12.9. The number of aliphatic hydroxyl groups excluding tert-OH is 1. The molecule has 0 bridgehead atoms. The Morgan fingerprint density at radius 3 is 2.29 bits per heavy atom. The molecule has 3 atom stereocenters. The molecule has 1 aromatic heterocycles. The molecule has 3 N–H and O–H groups in total. The summed E-state index contributed by atoms with van der Waals surface area (Å²) in [4.78, 5) is 46.5. The zero-order valence-electron chi connectivity index (χ0n) is 23.7. The van der Waals surface area contributed by atoms with Gasteiger partial charge in [0.1, 0.15) is 11.9 Å². The average Bonchev–Trinajstić information content (AvgIpc) is 2.85. The van der Waals surface area contributed by atoms with Crippen molar-refractivity contribution in [2.75, 3.05) is 21.2 Å². The van der Waals surface area contributed by atoms with Gasteiger partial charge in [-0.25, -0.2) is 9.59 Å². The monoisotopic (exact) mass is 533 g/mol. The number of nitrogens with zero attached hydrogens (tertiary/aromatic N) is 3. The van der Waals surface area contributed by atoms with E-state index in [2.05, 4.69) is 10.8 Å². The van der Waals surface area contributed by atoms with Gasteiger partial charge in [-0.2, -0.15) is 5.48 Å². The van der Waals surface area contributed by atoms with Crippen LogP contribution in [0.25, 0.3) is 0 Å². The third-order valence-corrected chi connectivity index (χ3v) is 5.97. The Morgan fingerprint density at radius 2 is 1.71 bits per heavy atom. The zero-order valence-corrected chi connectivity index (χ0v) is 23.7. The minimum absolute atomic E-state index is 0.0220. The summed E-state index contributed by atoms with van der Waals surface area (Å²) in [7, 11) is 4.76. The number of carbonyl (C=O) groups is 1. The molecule has 0 aliphatic heterocycles. The SMILES string of the molecule is COc1ccccc1C(O)Cn1cc(C(C)NOC(C)C)c(=O)n(C[C@H](CC(C)C)NC(=O)N(C)C)c1=O. The summed E-state index contributed by atoms with van der Waals surface area (Å²) in [5.41, 5.74) is 2.60. The second-order valence-corrected chi connectivity index (χ2v) is 10.4. The van der Waals surface area contributed by atoms with Crippen molar-refractivity contribution >= 4 is 6.03 Å². The normalized spacial score (nSPS) is 13.9. The van der Waals surface area contributed by atoms with Crippen LogP contribution in [0, 0.1) is 5.92 Å². The smallest absolute Gasteiger partial charge is 0.331 e. The highest BCUT2D eigenvalue weighted by Crippen LogP contribution is 2.25. The van der Waals surface area contributed by atoms with Crippen molar-refractivity contribution in [1.29, 1.82) is 0 Å². The van der Waals surface area contributed by atoms with Gasteiger partial charge in [-0.1, -0.05) is 32.0 Å². The Balaban J connectivity index is 2.57. The number of aromatic nitrogens is 2. The summed E-state index contributed by atoms with van der Waals surface area (Å²) in [6.45, 7) is 9.35. The van der Waals surface area contributed by atoms with E-state index in [1.54, 1.807) is 45.3 Å². The van der Waals surface area contributed by atoms with Crippen molar-refractivity contribution in [2.24, 2.45) is 5.92 Å². The van der Waals surface area contributed by atoms with Gasteiger partial charge in [0.05, 0.1) is 37.9 Å². The highest BCUT2D eigenvalue weighted by molar-refractivity contribution is 5.73. The number of hydrogen-bond donors (Lipinski definition) is 3. The van der Waals surface area contributed by atoms with Crippen LogP contribution in [0.1, 0.15) is 64.3 Å². The molecule has 0 spiro atoms. The first-order chi connectivity index (χ1) is 17.8. The molecule has 11 nitrogen and oxygen atoms in total.